The van der Waals surface area contributed by atoms with Crippen molar-refractivity contribution in [1.82, 2.24) is 0 Å². The summed E-state index contributed by atoms with van der Waals surface area (Å²) in [6, 6.07) is 23.8. The molecule has 0 spiro atoms. The number of fused-ring (bicyclic) bond motifs is 3. The van der Waals surface area contributed by atoms with Gasteiger partial charge in [-0.3, -0.25) is 0 Å². The second-order valence-corrected chi connectivity index (χ2v) is 29.6. The van der Waals surface area contributed by atoms with Gasteiger partial charge in [-0.05, 0) is 0 Å². The van der Waals surface area contributed by atoms with Crippen molar-refractivity contribution in [3.8, 4) is 11.1 Å². The van der Waals surface area contributed by atoms with E-state index in [1.54, 1.807) is 12.1 Å². The first-order chi connectivity index (χ1) is 19.0. The molecule has 0 aliphatic heterocycles. The monoisotopic (exact) mass is 694 g/mol. The number of rotatable bonds is 5. The summed E-state index contributed by atoms with van der Waals surface area (Å²) >= 11 is -4.48. The van der Waals surface area contributed by atoms with E-state index in [9.17, 15) is 0 Å². The maximum atomic E-state index is 5.73. The van der Waals surface area contributed by atoms with Crippen LogP contribution in [0.2, 0.25) is 4.13 Å². The minimum absolute atomic E-state index is 0. The summed E-state index contributed by atoms with van der Waals surface area (Å²) in [5.74, 6) is 0.911. The quantitative estimate of drug-likeness (QED) is 0.195. The van der Waals surface area contributed by atoms with E-state index in [1.165, 1.54) is 42.2 Å². The van der Waals surface area contributed by atoms with Gasteiger partial charge in [-0.1, -0.05) is 0 Å². The Hall–Kier alpha value is -1.53. The van der Waals surface area contributed by atoms with Crippen LogP contribution >= 0.6 is 24.8 Å². The summed E-state index contributed by atoms with van der Waals surface area (Å²) in [6.07, 6.45) is 3.59. The van der Waals surface area contributed by atoms with Crippen molar-refractivity contribution >= 4 is 35.6 Å². The molecule has 1 atom stereocenters. The maximum absolute atomic E-state index is 5.73. The van der Waals surface area contributed by atoms with Crippen molar-refractivity contribution in [1.29, 1.82) is 0 Å². The third kappa shape index (κ3) is 5.49. The van der Waals surface area contributed by atoms with Crippen molar-refractivity contribution in [2.45, 2.75) is 97.5 Å². The molecule has 0 N–H and O–H groups in total. The Morgan fingerprint density at radius 1 is 0.860 bits per heavy atom. The Kier molecular flexibility index (Phi) is 10.0. The average Bonchev–Trinajstić information content (AvgIpc) is 3.43. The second-order valence-electron chi connectivity index (χ2n) is 15.6. The molecule has 0 saturated heterocycles. The fourth-order valence-corrected chi connectivity index (χ4v) is 26.5. The molecule has 0 saturated carbocycles. The van der Waals surface area contributed by atoms with Gasteiger partial charge in [0.25, 0.3) is 0 Å². The van der Waals surface area contributed by atoms with Crippen LogP contribution in [-0.2, 0) is 35.5 Å². The van der Waals surface area contributed by atoms with Crippen LogP contribution in [0.1, 0.15) is 98.4 Å². The van der Waals surface area contributed by atoms with Crippen LogP contribution in [-0.4, -0.2) is 4.21 Å². The molecule has 0 bridgehead atoms. The summed E-state index contributed by atoms with van der Waals surface area (Å²) in [5, 5.41) is 0. The Bertz CT molecular complexity index is 1650. The van der Waals surface area contributed by atoms with Crippen LogP contribution in [0.15, 0.2) is 81.2 Å². The molecule has 232 valence electrons. The van der Waals surface area contributed by atoms with Crippen LogP contribution in [0.25, 0.3) is 11.1 Å². The van der Waals surface area contributed by atoms with E-state index in [1.807, 2.05) is 0 Å². The van der Waals surface area contributed by atoms with E-state index in [2.05, 4.69) is 143 Å². The first kappa shape index (κ1) is 35.9. The fourth-order valence-electron chi connectivity index (χ4n) is 8.51. The number of halogens is 2. The van der Waals surface area contributed by atoms with Gasteiger partial charge >= 0.3 is 253 Å². The van der Waals surface area contributed by atoms with E-state index in [0.29, 0.717) is 11.8 Å². The van der Waals surface area contributed by atoms with Crippen molar-refractivity contribution in [3.63, 3.8) is 0 Å². The van der Waals surface area contributed by atoms with E-state index < -0.39 is 18.3 Å². The van der Waals surface area contributed by atoms with E-state index >= 15 is 0 Å². The Balaban J connectivity index is 0.00000253. The summed E-state index contributed by atoms with van der Waals surface area (Å²) in [6.45, 7) is 26.3. The van der Waals surface area contributed by atoms with Crippen LogP contribution in [0, 0.1) is 11.8 Å². The Labute approximate surface area is 275 Å². The average molecular weight is 697 g/mol. The fraction of sp³-hybridized carbons (Fsp3) is 0.425. The molecule has 0 fully saturated rings. The van der Waals surface area contributed by atoms with Gasteiger partial charge in [0.1, 0.15) is 0 Å². The molecule has 43 heavy (non-hydrogen) atoms. The molecule has 0 nitrogen and oxygen atoms in total. The predicted molar refractivity (Wildman–Crippen MR) is 195 cm³/mol. The molecule has 0 amide bonds. The molecule has 0 aromatic heterocycles. The summed E-state index contributed by atoms with van der Waals surface area (Å²) in [7, 11) is 0. The Morgan fingerprint density at radius 3 is 1.98 bits per heavy atom. The zero-order valence-corrected chi connectivity index (χ0v) is 32.5. The predicted octanol–water partition coefficient (Wildman–Crippen LogP) is 10.7. The van der Waals surface area contributed by atoms with Crippen molar-refractivity contribution in [2.24, 2.45) is 11.8 Å². The van der Waals surface area contributed by atoms with Crippen molar-refractivity contribution in [2.75, 3.05) is 0 Å². The van der Waals surface area contributed by atoms with Crippen molar-refractivity contribution in [3.05, 3.63) is 103 Å². The SMILES string of the molecule is Cl.Cl.[CH2]=[Zr]([CH2]C)([C]1=C(C)C(C(C)C)=CC1C)([c]1ccccc1)[c]1c(C(C)(C)C)ccc2c1Cc1cc(C(C)(C)C)ccc1-2. The van der Waals surface area contributed by atoms with Gasteiger partial charge in [-0.25, -0.2) is 0 Å². The molecule has 2 aliphatic carbocycles. The van der Waals surface area contributed by atoms with Crippen LogP contribution in [0.5, 0.6) is 0 Å². The van der Waals surface area contributed by atoms with Gasteiger partial charge < -0.3 is 0 Å². The van der Waals surface area contributed by atoms with Gasteiger partial charge in [0.05, 0.1) is 0 Å². The minimum atomic E-state index is -4.48. The normalized spacial score (nSPS) is 16.9. The standard InChI is InChI=1S/C21H25.C10H15.C6H5.C2H5.CH2.2ClH.Zr/c1-20(2,3)16-7-9-18-14(12-16)11-15-13-17(21(4,5)6)8-10-19(15)18;1-7(2)10-6-8(3)5-9(10)4;1-2-4-6-5-3-1;1-2;;;;/h7-10,12H,11H2,1-6H3;6-8H,1-4H3;1-5H;1H2,2H3;1H2;2*1H;. The number of hydrogen-bond donors (Lipinski definition) is 0. The third-order valence-electron chi connectivity index (χ3n) is 10.6. The first-order valence-electron chi connectivity index (χ1n) is 15.9. The molecule has 1 unspecified atom stereocenters. The van der Waals surface area contributed by atoms with E-state index in [0.717, 1.165) is 10.5 Å². The summed E-state index contributed by atoms with van der Waals surface area (Å²) in [4.78, 5) is 0. The number of allylic oxidation sites excluding steroid dienone is 4. The third-order valence-corrected chi connectivity index (χ3v) is 28.3. The summed E-state index contributed by atoms with van der Waals surface area (Å²) in [5.41, 5.74) is 12.1. The molecule has 5 rings (SSSR count). The molecular formula is C40H54Cl2Zr. The molecular weight excluding hydrogens is 643 g/mol. The molecule has 2 aliphatic rings. The number of hydrogen-bond acceptors (Lipinski definition) is 0. The zero-order chi connectivity index (χ0) is 30.1. The topological polar surface area (TPSA) is 0 Å². The van der Waals surface area contributed by atoms with Crippen LogP contribution < -0.4 is 6.54 Å². The second kappa shape index (κ2) is 12.0. The van der Waals surface area contributed by atoms with Crippen LogP contribution in [0.4, 0.5) is 0 Å². The Morgan fingerprint density at radius 2 is 1.47 bits per heavy atom. The molecule has 3 heteroatoms. The molecule has 0 radical (unpaired) electrons. The number of benzene rings is 3. The van der Waals surface area contributed by atoms with Gasteiger partial charge in [0, 0.05) is 0 Å². The van der Waals surface area contributed by atoms with E-state index in [-0.39, 0.29) is 35.6 Å². The zero-order valence-electron chi connectivity index (χ0n) is 28.4. The van der Waals surface area contributed by atoms with Gasteiger partial charge in [0.2, 0.25) is 0 Å². The van der Waals surface area contributed by atoms with E-state index in [4.69, 9.17) is 4.21 Å². The van der Waals surface area contributed by atoms with Gasteiger partial charge in [-0.15, -0.1) is 24.8 Å². The first-order valence-corrected chi connectivity index (χ1v) is 23.0. The molecule has 3 aromatic rings. The molecule has 3 aromatic carbocycles. The van der Waals surface area contributed by atoms with Crippen LogP contribution in [0.3, 0.4) is 0 Å². The summed E-state index contributed by atoms with van der Waals surface area (Å²) < 4.78 is 11.7. The van der Waals surface area contributed by atoms with Gasteiger partial charge in [-0.2, -0.15) is 0 Å². The van der Waals surface area contributed by atoms with Gasteiger partial charge in [0.15, 0.2) is 0 Å². The molecule has 0 heterocycles. The van der Waals surface area contributed by atoms with Crippen molar-refractivity contribution < 1.29 is 18.3 Å².